The SMILES string of the molecule is CC1COc2c(N3CC(O)C3)c(F)cc3c(=O)c(C(=O)O)cn1c23. The summed E-state index contributed by atoms with van der Waals surface area (Å²) in [7, 11) is 0. The average Bonchev–Trinajstić information content (AvgIpc) is 2.49. The number of aromatic carboxylic acids is 1. The number of anilines is 1. The Kier molecular flexibility index (Phi) is 3.08. The highest BCUT2D eigenvalue weighted by atomic mass is 19.1. The number of aliphatic hydroxyl groups is 1. The van der Waals surface area contributed by atoms with Gasteiger partial charge >= 0.3 is 5.97 Å². The van der Waals surface area contributed by atoms with Gasteiger partial charge in [0.25, 0.3) is 0 Å². The Bertz CT molecular complexity index is 932. The monoisotopic (exact) mass is 334 g/mol. The molecule has 126 valence electrons. The highest BCUT2D eigenvalue weighted by Crippen LogP contribution is 2.43. The summed E-state index contributed by atoms with van der Waals surface area (Å²) in [6, 6.07) is 0.866. The zero-order valence-electron chi connectivity index (χ0n) is 12.8. The number of β-amino-alcohol motifs (C(OH)–C–C–N with tert-alkyl or cyclic N) is 1. The van der Waals surface area contributed by atoms with Crippen LogP contribution in [0.1, 0.15) is 23.3 Å². The maximum Gasteiger partial charge on any atom is 0.341 e. The van der Waals surface area contributed by atoms with Crippen LogP contribution in [0.3, 0.4) is 0 Å². The molecule has 2 aliphatic rings. The number of aliphatic hydroxyl groups excluding tert-OH is 1. The molecular formula is C16H15FN2O5. The summed E-state index contributed by atoms with van der Waals surface area (Å²) in [6.07, 6.45) is 0.766. The smallest absolute Gasteiger partial charge is 0.341 e. The molecule has 0 radical (unpaired) electrons. The zero-order chi connectivity index (χ0) is 17.2. The molecule has 0 bridgehead atoms. The summed E-state index contributed by atoms with van der Waals surface area (Å²) in [4.78, 5) is 25.4. The van der Waals surface area contributed by atoms with Gasteiger partial charge in [0.1, 0.15) is 17.9 Å². The van der Waals surface area contributed by atoms with Crippen LogP contribution < -0.4 is 15.1 Å². The first-order valence-corrected chi connectivity index (χ1v) is 7.59. The van der Waals surface area contributed by atoms with Gasteiger partial charge in [-0.3, -0.25) is 4.79 Å². The third kappa shape index (κ3) is 1.92. The fourth-order valence-electron chi connectivity index (χ4n) is 3.30. The topological polar surface area (TPSA) is 92.0 Å². The standard InChI is InChI=1S/C16H15FN2O5/c1-7-6-24-15-12-9(14(21)10(16(22)23)5-19(7)12)2-11(17)13(15)18-3-8(20)4-18/h2,5,7-8,20H,3-4,6H2,1H3,(H,22,23). The number of nitrogens with zero attached hydrogens (tertiary/aromatic N) is 2. The van der Waals surface area contributed by atoms with E-state index >= 15 is 0 Å². The van der Waals surface area contributed by atoms with Crippen LogP contribution >= 0.6 is 0 Å². The number of carbonyl (C=O) groups is 1. The molecule has 1 fully saturated rings. The van der Waals surface area contributed by atoms with E-state index in [4.69, 9.17) is 4.74 Å². The molecule has 8 heteroatoms. The summed E-state index contributed by atoms with van der Waals surface area (Å²) in [5.74, 6) is -1.78. The molecule has 3 heterocycles. The van der Waals surface area contributed by atoms with Gasteiger partial charge in [-0.25, -0.2) is 9.18 Å². The molecule has 0 amide bonds. The summed E-state index contributed by atoms with van der Waals surface area (Å²) in [5.41, 5.74) is -0.534. The Morgan fingerprint density at radius 3 is 2.75 bits per heavy atom. The van der Waals surface area contributed by atoms with Crippen LogP contribution in [0.5, 0.6) is 5.75 Å². The zero-order valence-corrected chi connectivity index (χ0v) is 12.8. The third-order valence-electron chi connectivity index (χ3n) is 4.55. The van der Waals surface area contributed by atoms with E-state index in [2.05, 4.69) is 0 Å². The summed E-state index contributed by atoms with van der Waals surface area (Å²) >= 11 is 0. The van der Waals surface area contributed by atoms with Crippen molar-refractivity contribution in [3.05, 3.63) is 33.9 Å². The van der Waals surface area contributed by atoms with E-state index in [0.29, 0.717) is 5.52 Å². The number of halogens is 1. The maximum absolute atomic E-state index is 14.6. The highest BCUT2D eigenvalue weighted by molar-refractivity contribution is 5.97. The molecule has 24 heavy (non-hydrogen) atoms. The van der Waals surface area contributed by atoms with E-state index in [0.717, 1.165) is 6.07 Å². The summed E-state index contributed by atoms with van der Waals surface area (Å²) in [5, 5.41) is 18.7. The van der Waals surface area contributed by atoms with Crippen molar-refractivity contribution >= 4 is 22.6 Å². The van der Waals surface area contributed by atoms with Gasteiger partial charge < -0.3 is 24.4 Å². The van der Waals surface area contributed by atoms with Crippen molar-refractivity contribution in [2.45, 2.75) is 19.1 Å². The fraction of sp³-hybridized carbons (Fsp3) is 0.375. The Morgan fingerprint density at radius 1 is 1.42 bits per heavy atom. The Labute approximate surface area is 135 Å². The van der Waals surface area contributed by atoms with Crippen molar-refractivity contribution in [2.24, 2.45) is 0 Å². The third-order valence-corrected chi connectivity index (χ3v) is 4.55. The molecule has 0 aliphatic carbocycles. The number of rotatable bonds is 2. The number of hydrogen-bond acceptors (Lipinski definition) is 5. The quantitative estimate of drug-likeness (QED) is 0.850. The van der Waals surface area contributed by atoms with Gasteiger partial charge in [0.2, 0.25) is 5.43 Å². The van der Waals surface area contributed by atoms with Crippen LogP contribution in [0.15, 0.2) is 17.1 Å². The molecule has 0 saturated carbocycles. The molecule has 2 aliphatic heterocycles. The average molecular weight is 334 g/mol. The molecule has 7 nitrogen and oxygen atoms in total. The Hall–Kier alpha value is -2.61. The number of ether oxygens (including phenoxy) is 1. The lowest BCUT2D eigenvalue weighted by Crippen LogP contribution is -2.51. The van der Waals surface area contributed by atoms with Crippen molar-refractivity contribution in [2.75, 3.05) is 24.6 Å². The van der Waals surface area contributed by atoms with E-state index in [1.165, 1.54) is 6.20 Å². The number of carboxylic acid groups (broad SMARTS) is 1. The molecule has 0 spiro atoms. The summed E-state index contributed by atoms with van der Waals surface area (Å²) < 4.78 is 22.0. The van der Waals surface area contributed by atoms with Gasteiger partial charge in [0.15, 0.2) is 11.6 Å². The lowest BCUT2D eigenvalue weighted by Gasteiger charge is -2.40. The first kappa shape index (κ1) is 14.9. The van der Waals surface area contributed by atoms with Gasteiger partial charge in [0.05, 0.1) is 23.0 Å². The molecule has 2 N–H and O–H groups in total. The second kappa shape index (κ2) is 4.94. The number of benzene rings is 1. The second-order valence-corrected chi connectivity index (χ2v) is 6.24. The van der Waals surface area contributed by atoms with Crippen LogP contribution in [0, 0.1) is 5.82 Å². The minimum Gasteiger partial charge on any atom is -0.487 e. The van der Waals surface area contributed by atoms with Crippen LogP contribution in [0.2, 0.25) is 0 Å². The Morgan fingerprint density at radius 2 is 2.12 bits per heavy atom. The van der Waals surface area contributed by atoms with Crippen molar-refractivity contribution in [3.63, 3.8) is 0 Å². The maximum atomic E-state index is 14.6. The van der Waals surface area contributed by atoms with Crippen molar-refractivity contribution in [1.29, 1.82) is 0 Å². The van der Waals surface area contributed by atoms with Gasteiger partial charge in [-0.2, -0.15) is 0 Å². The number of aromatic nitrogens is 1. The van der Waals surface area contributed by atoms with E-state index in [1.54, 1.807) is 9.47 Å². The Balaban J connectivity index is 2.08. The highest BCUT2D eigenvalue weighted by Gasteiger charge is 2.34. The van der Waals surface area contributed by atoms with Gasteiger partial charge in [-0.15, -0.1) is 0 Å². The normalized spacial score (nSPS) is 20.0. The van der Waals surface area contributed by atoms with E-state index in [-0.39, 0.29) is 42.6 Å². The summed E-state index contributed by atoms with van der Waals surface area (Å²) in [6.45, 7) is 2.63. The predicted octanol–water partition coefficient (Wildman–Crippen LogP) is 0.973. The lowest BCUT2D eigenvalue weighted by atomic mass is 10.0. The molecule has 1 saturated heterocycles. The molecule has 1 aromatic heterocycles. The lowest BCUT2D eigenvalue weighted by molar-refractivity contribution is 0.0694. The number of pyridine rings is 1. The van der Waals surface area contributed by atoms with Crippen LogP contribution in [0.4, 0.5) is 10.1 Å². The van der Waals surface area contributed by atoms with Crippen LogP contribution in [-0.2, 0) is 0 Å². The molecule has 1 aromatic carbocycles. The van der Waals surface area contributed by atoms with E-state index < -0.39 is 28.9 Å². The van der Waals surface area contributed by atoms with Gasteiger partial charge in [-0.05, 0) is 13.0 Å². The largest absolute Gasteiger partial charge is 0.487 e. The minimum atomic E-state index is -1.35. The first-order chi connectivity index (χ1) is 11.4. The van der Waals surface area contributed by atoms with Crippen molar-refractivity contribution in [3.8, 4) is 5.75 Å². The first-order valence-electron chi connectivity index (χ1n) is 7.59. The molecule has 2 aromatic rings. The van der Waals surface area contributed by atoms with Gasteiger partial charge in [-0.1, -0.05) is 0 Å². The van der Waals surface area contributed by atoms with Crippen molar-refractivity contribution < 1.29 is 24.1 Å². The van der Waals surface area contributed by atoms with Gasteiger partial charge in [0, 0.05) is 19.3 Å². The van der Waals surface area contributed by atoms with Crippen molar-refractivity contribution in [1.82, 2.24) is 4.57 Å². The van der Waals surface area contributed by atoms with E-state index in [1.807, 2.05) is 6.92 Å². The minimum absolute atomic E-state index is 0.0150. The van der Waals surface area contributed by atoms with Crippen LogP contribution in [-0.4, -0.2) is 46.5 Å². The second-order valence-electron chi connectivity index (χ2n) is 6.24. The molecule has 4 rings (SSSR count). The molecular weight excluding hydrogens is 319 g/mol. The van der Waals surface area contributed by atoms with Crippen LogP contribution in [0.25, 0.3) is 10.9 Å². The predicted molar refractivity (Wildman–Crippen MR) is 83.6 cm³/mol. The number of carboxylic acids is 1. The number of hydrogen-bond donors (Lipinski definition) is 2. The van der Waals surface area contributed by atoms with E-state index in [9.17, 15) is 24.2 Å². The molecule has 1 unspecified atom stereocenters. The molecule has 1 atom stereocenters. The fourth-order valence-corrected chi connectivity index (χ4v) is 3.30.